The van der Waals surface area contributed by atoms with E-state index in [1.54, 1.807) is 35.4 Å². The van der Waals surface area contributed by atoms with Crippen molar-refractivity contribution in [3.8, 4) is 0 Å². The van der Waals surface area contributed by atoms with E-state index in [-0.39, 0.29) is 11.5 Å². The van der Waals surface area contributed by atoms with Gasteiger partial charge in [0.2, 0.25) is 5.91 Å². The standard InChI is InChI=1S/C20H18N4O3/c1-13-7-8-17-21-11-16(20(27)24(17)12-13)19(26)22-14-4-2-5-15(10-14)23-9-3-6-18(23)25/h2,4-5,7-8,10-12H,3,6,9H2,1H3,(H,22,26). The van der Waals surface area contributed by atoms with Gasteiger partial charge in [0, 0.05) is 36.7 Å². The van der Waals surface area contributed by atoms with Gasteiger partial charge in [-0.25, -0.2) is 4.98 Å². The summed E-state index contributed by atoms with van der Waals surface area (Å²) < 4.78 is 1.36. The number of nitrogens with zero attached hydrogens (tertiary/aromatic N) is 3. The number of hydrogen-bond donors (Lipinski definition) is 1. The van der Waals surface area contributed by atoms with E-state index in [0.717, 1.165) is 17.7 Å². The predicted octanol–water partition coefficient (Wildman–Crippen LogP) is 2.38. The second-order valence-corrected chi connectivity index (χ2v) is 6.57. The highest BCUT2D eigenvalue weighted by atomic mass is 16.2. The first-order chi connectivity index (χ1) is 13.0. The van der Waals surface area contributed by atoms with Crippen molar-refractivity contribution in [2.45, 2.75) is 19.8 Å². The van der Waals surface area contributed by atoms with E-state index in [1.165, 1.54) is 10.6 Å². The summed E-state index contributed by atoms with van der Waals surface area (Å²) in [6.07, 6.45) is 4.31. The van der Waals surface area contributed by atoms with E-state index in [4.69, 9.17) is 0 Å². The van der Waals surface area contributed by atoms with Gasteiger partial charge in [0.25, 0.3) is 11.5 Å². The third kappa shape index (κ3) is 3.19. The number of fused-ring (bicyclic) bond motifs is 1. The van der Waals surface area contributed by atoms with E-state index in [1.807, 2.05) is 19.1 Å². The summed E-state index contributed by atoms with van der Waals surface area (Å²) in [5.41, 5.74) is 2.17. The van der Waals surface area contributed by atoms with Gasteiger partial charge in [-0.05, 0) is 43.2 Å². The number of carbonyl (C=O) groups excluding carboxylic acids is 2. The van der Waals surface area contributed by atoms with Gasteiger partial charge in [0.1, 0.15) is 11.2 Å². The van der Waals surface area contributed by atoms with Gasteiger partial charge in [0.05, 0.1) is 0 Å². The number of aromatic nitrogens is 2. The number of nitrogens with one attached hydrogen (secondary N) is 1. The van der Waals surface area contributed by atoms with Crippen LogP contribution >= 0.6 is 0 Å². The fraction of sp³-hybridized carbons (Fsp3) is 0.200. The molecule has 3 aromatic rings. The molecule has 1 saturated heterocycles. The van der Waals surface area contributed by atoms with Crippen LogP contribution in [-0.4, -0.2) is 27.7 Å². The Morgan fingerprint density at radius 1 is 1.19 bits per heavy atom. The third-order valence-corrected chi connectivity index (χ3v) is 4.58. The van der Waals surface area contributed by atoms with Gasteiger partial charge in [0.15, 0.2) is 0 Å². The molecule has 7 nitrogen and oxygen atoms in total. The Morgan fingerprint density at radius 2 is 2.04 bits per heavy atom. The second-order valence-electron chi connectivity index (χ2n) is 6.57. The Balaban J connectivity index is 1.63. The number of hydrogen-bond acceptors (Lipinski definition) is 4. The normalized spacial score (nSPS) is 14.0. The lowest BCUT2D eigenvalue weighted by Crippen LogP contribution is -2.27. The maximum absolute atomic E-state index is 12.6. The van der Waals surface area contributed by atoms with Crippen LogP contribution in [0.3, 0.4) is 0 Å². The zero-order valence-electron chi connectivity index (χ0n) is 14.8. The second kappa shape index (κ2) is 6.68. The lowest BCUT2D eigenvalue weighted by atomic mass is 10.2. The molecule has 1 aliphatic rings. The van der Waals surface area contributed by atoms with Gasteiger partial charge in [-0.15, -0.1) is 0 Å². The molecule has 0 bridgehead atoms. The first-order valence-corrected chi connectivity index (χ1v) is 8.73. The molecule has 0 unspecified atom stereocenters. The monoisotopic (exact) mass is 362 g/mol. The number of amides is 2. The van der Waals surface area contributed by atoms with Gasteiger partial charge in [-0.3, -0.25) is 18.8 Å². The Labute approximate surface area is 155 Å². The first-order valence-electron chi connectivity index (χ1n) is 8.73. The summed E-state index contributed by atoms with van der Waals surface area (Å²) >= 11 is 0. The summed E-state index contributed by atoms with van der Waals surface area (Å²) in [5.74, 6) is -0.459. The summed E-state index contributed by atoms with van der Waals surface area (Å²) in [4.78, 5) is 43.1. The average molecular weight is 362 g/mol. The fourth-order valence-electron chi connectivity index (χ4n) is 3.21. The molecule has 0 saturated carbocycles. The Kier molecular flexibility index (Phi) is 4.19. The Bertz CT molecular complexity index is 1120. The Morgan fingerprint density at radius 3 is 2.81 bits per heavy atom. The number of rotatable bonds is 3. The minimum absolute atomic E-state index is 0.0410. The molecule has 1 N–H and O–H groups in total. The molecule has 1 aromatic carbocycles. The van der Waals surface area contributed by atoms with Gasteiger partial charge < -0.3 is 10.2 Å². The molecule has 136 valence electrons. The van der Waals surface area contributed by atoms with E-state index in [0.29, 0.717) is 24.3 Å². The number of carbonyl (C=O) groups is 2. The zero-order valence-corrected chi connectivity index (χ0v) is 14.8. The Hall–Kier alpha value is -3.48. The van der Waals surface area contributed by atoms with Gasteiger partial charge in [-0.2, -0.15) is 0 Å². The van der Waals surface area contributed by atoms with Crippen molar-refractivity contribution in [1.29, 1.82) is 0 Å². The molecule has 2 amide bonds. The number of aryl methyl sites for hydroxylation is 1. The smallest absolute Gasteiger partial charge is 0.270 e. The van der Waals surface area contributed by atoms with Crippen molar-refractivity contribution >= 4 is 28.8 Å². The molecule has 4 rings (SSSR count). The van der Waals surface area contributed by atoms with Crippen molar-refractivity contribution in [1.82, 2.24) is 9.38 Å². The molecular formula is C20H18N4O3. The van der Waals surface area contributed by atoms with Crippen LogP contribution in [-0.2, 0) is 4.79 Å². The summed E-state index contributed by atoms with van der Waals surface area (Å²) in [7, 11) is 0. The van der Waals surface area contributed by atoms with E-state index < -0.39 is 11.5 Å². The summed E-state index contributed by atoms with van der Waals surface area (Å²) in [6, 6.07) is 10.6. The highest BCUT2D eigenvalue weighted by molar-refractivity contribution is 6.04. The van der Waals surface area contributed by atoms with Crippen LogP contribution in [0.25, 0.3) is 5.65 Å². The lowest BCUT2D eigenvalue weighted by Gasteiger charge is -2.16. The van der Waals surface area contributed by atoms with E-state index in [2.05, 4.69) is 10.3 Å². The molecule has 27 heavy (non-hydrogen) atoms. The summed E-state index contributed by atoms with van der Waals surface area (Å²) in [6.45, 7) is 2.54. The average Bonchev–Trinajstić information content (AvgIpc) is 3.08. The predicted molar refractivity (Wildman–Crippen MR) is 102 cm³/mol. The van der Waals surface area contributed by atoms with Crippen molar-refractivity contribution in [3.63, 3.8) is 0 Å². The maximum atomic E-state index is 12.6. The van der Waals surface area contributed by atoms with Crippen molar-refractivity contribution in [3.05, 3.63) is 70.3 Å². The fourth-order valence-corrected chi connectivity index (χ4v) is 3.21. The van der Waals surface area contributed by atoms with Crippen molar-refractivity contribution in [2.24, 2.45) is 0 Å². The summed E-state index contributed by atoms with van der Waals surface area (Å²) in [5, 5.41) is 2.73. The van der Waals surface area contributed by atoms with Crippen LogP contribution in [0.15, 0.2) is 53.6 Å². The largest absolute Gasteiger partial charge is 0.322 e. The molecular weight excluding hydrogens is 344 g/mol. The van der Waals surface area contributed by atoms with Crippen LogP contribution in [0.4, 0.5) is 11.4 Å². The first kappa shape index (κ1) is 17.0. The quantitative estimate of drug-likeness (QED) is 0.775. The molecule has 0 spiro atoms. The zero-order chi connectivity index (χ0) is 19.0. The minimum atomic E-state index is -0.534. The van der Waals surface area contributed by atoms with Gasteiger partial charge in [-0.1, -0.05) is 12.1 Å². The topological polar surface area (TPSA) is 83.8 Å². The molecule has 0 aliphatic carbocycles. The van der Waals surface area contributed by atoms with E-state index >= 15 is 0 Å². The van der Waals surface area contributed by atoms with Crippen LogP contribution in [0, 0.1) is 6.92 Å². The molecule has 0 atom stereocenters. The SMILES string of the molecule is Cc1ccc2ncc(C(=O)Nc3cccc(N4CCCC4=O)c3)c(=O)n2c1. The molecule has 1 fully saturated rings. The molecule has 7 heteroatoms. The van der Waals surface area contributed by atoms with Crippen molar-refractivity contribution < 1.29 is 9.59 Å². The highest BCUT2D eigenvalue weighted by Gasteiger charge is 2.22. The third-order valence-electron chi connectivity index (χ3n) is 4.58. The van der Waals surface area contributed by atoms with Crippen LogP contribution in [0.2, 0.25) is 0 Å². The van der Waals surface area contributed by atoms with Gasteiger partial charge >= 0.3 is 0 Å². The number of anilines is 2. The number of pyridine rings is 1. The van der Waals surface area contributed by atoms with Crippen LogP contribution in [0.5, 0.6) is 0 Å². The molecule has 2 aromatic heterocycles. The maximum Gasteiger partial charge on any atom is 0.270 e. The van der Waals surface area contributed by atoms with Crippen LogP contribution in [0.1, 0.15) is 28.8 Å². The highest BCUT2D eigenvalue weighted by Crippen LogP contribution is 2.24. The number of benzene rings is 1. The lowest BCUT2D eigenvalue weighted by molar-refractivity contribution is -0.117. The van der Waals surface area contributed by atoms with Crippen LogP contribution < -0.4 is 15.8 Å². The molecule has 3 heterocycles. The van der Waals surface area contributed by atoms with Crippen molar-refractivity contribution in [2.75, 3.05) is 16.8 Å². The molecule has 1 aliphatic heterocycles. The minimum Gasteiger partial charge on any atom is -0.322 e. The molecule has 0 radical (unpaired) electrons. The van der Waals surface area contributed by atoms with E-state index in [9.17, 15) is 14.4 Å².